The van der Waals surface area contributed by atoms with E-state index in [1.54, 1.807) is 31.3 Å². The molecule has 15 heteroatoms. The predicted molar refractivity (Wildman–Crippen MR) is 159 cm³/mol. The molecule has 2 aliphatic rings. The van der Waals surface area contributed by atoms with E-state index in [2.05, 4.69) is 10.5 Å². The van der Waals surface area contributed by atoms with Crippen LogP contribution in [0.2, 0.25) is 0 Å². The van der Waals surface area contributed by atoms with Crippen molar-refractivity contribution in [2.45, 2.75) is 42.1 Å². The van der Waals surface area contributed by atoms with Crippen molar-refractivity contribution in [2.24, 2.45) is 0 Å². The number of ketones is 2. The van der Waals surface area contributed by atoms with Gasteiger partial charge in [0, 0.05) is 30.3 Å². The van der Waals surface area contributed by atoms with Crippen molar-refractivity contribution in [3.63, 3.8) is 0 Å². The zero-order chi connectivity index (χ0) is 35.0. The Bertz CT molecular complexity index is 2000. The van der Waals surface area contributed by atoms with Gasteiger partial charge in [0.25, 0.3) is 0 Å². The van der Waals surface area contributed by atoms with Crippen LogP contribution in [0.5, 0.6) is 0 Å². The van der Waals surface area contributed by atoms with E-state index in [-0.39, 0.29) is 39.8 Å². The van der Waals surface area contributed by atoms with Crippen LogP contribution in [0.25, 0.3) is 5.57 Å². The van der Waals surface area contributed by atoms with E-state index in [9.17, 15) is 44.3 Å². The fourth-order valence-electron chi connectivity index (χ4n) is 5.03. The molecule has 1 aromatic heterocycles. The van der Waals surface area contributed by atoms with Crippen LogP contribution in [-0.4, -0.2) is 38.4 Å². The van der Waals surface area contributed by atoms with E-state index in [0.717, 1.165) is 37.3 Å². The standard InChI is InChI=1S/C18H14F3NO2.C15H12F3NO4S/c1-22-17-14(12-8-5-9-13(10-12)18(19,20)21)15(23)16(24-17)11-6-3-2-4-7-11;1-24(21,22)12-6-9(15(16,17)18)4-5-10(12)13(20)11-7-19-23-14(11)8-2-3-8/h2-10,16,22H,1H3;4-8H,2-3H2,1H3. The Morgan fingerprint density at radius 1 is 0.875 bits per heavy atom. The van der Waals surface area contributed by atoms with Gasteiger partial charge < -0.3 is 14.6 Å². The molecule has 1 unspecified atom stereocenters. The highest BCUT2D eigenvalue weighted by Gasteiger charge is 2.39. The number of Topliss-reactive ketones (excluding diaryl/α,β-unsaturated/α-hetero) is 1. The van der Waals surface area contributed by atoms with Crippen molar-refractivity contribution >= 4 is 27.0 Å². The molecule has 1 N–H and O–H groups in total. The zero-order valence-electron chi connectivity index (χ0n) is 25.1. The first-order chi connectivity index (χ1) is 22.5. The van der Waals surface area contributed by atoms with Crippen LogP contribution in [-0.2, 0) is 31.7 Å². The topological polar surface area (TPSA) is 116 Å². The number of nitrogens with zero attached hydrogens (tertiary/aromatic N) is 1. The minimum Gasteiger partial charge on any atom is -0.462 e. The lowest BCUT2D eigenvalue weighted by Crippen LogP contribution is -2.13. The molecule has 0 amide bonds. The number of hydrogen-bond donors (Lipinski definition) is 1. The third-order valence-electron chi connectivity index (χ3n) is 7.50. The number of benzene rings is 3. The van der Waals surface area contributed by atoms with Crippen LogP contribution in [0.1, 0.15) is 68.8 Å². The van der Waals surface area contributed by atoms with Gasteiger partial charge >= 0.3 is 12.4 Å². The zero-order valence-corrected chi connectivity index (χ0v) is 26.0. The summed E-state index contributed by atoms with van der Waals surface area (Å²) in [7, 11) is -2.48. The number of sulfone groups is 1. The van der Waals surface area contributed by atoms with E-state index in [4.69, 9.17) is 9.26 Å². The van der Waals surface area contributed by atoms with E-state index in [1.165, 1.54) is 18.3 Å². The molecule has 1 fully saturated rings. The Hall–Kier alpha value is -4.92. The van der Waals surface area contributed by atoms with Crippen LogP contribution < -0.4 is 5.32 Å². The molecule has 4 aromatic rings. The highest BCUT2D eigenvalue weighted by atomic mass is 32.2. The number of alkyl halides is 6. The quantitative estimate of drug-likeness (QED) is 0.161. The lowest BCUT2D eigenvalue weighted by atomic mass is 9.96. The summed E-state index contributed by atoms with van der Waals surface area (Å²) in [5.74, 6) is -0.521. The fourth-order valence-corrected chi connectivity index (χ4v) is 5.93. The molecule has 1 atom stereocenters. The van der Waals surface area contributed by atoms with Gasteiger partial charge in [-0.3, -0.25) is 9.59 Å². The molecule has 1 aliphatic heterocycles. The van der Waals surface area contributed by atoms with Crippen molar-refractivity contribution in [3.8, 4) is 0 Å². The first-order valence-corrected chi connectivity index (χ1v) is 16.2. The summed E-state index contributed by atoms with van der Waals surface area (Å²) in [6.45, 7) is 0. The number of aromatic nitrogens is 1. The van der Waals surface area contributed by atoms with Crippen molar-refractivity contribution in [1.29, 1.82) is 0 Å². The number of nitrogens with one attached hydrogen (secondary N) is 1. The molecular formula is C33H26F6N2O6S. The minimum absolute atomic E-state index is 0.0441. The van der Waals surface area contributed by atoms with Crippen LogP contribution in [0.3, 0.4) is 0 Å². The number of rotatable bonds is 7. The molecular weight excluding hydrogens is 666 g/mol. The monoisotopic (exact) mass is 692 g/mol. The Balaban J connectivity index is 0.000000188. The summed E-state index contributed by atoms with van der Waals surface area (Å²) in [5.41, 5.74) is -1.23. The Labute approximate surface area is 270 Å². The summed E-state index contributed by atoms with van der Waals surface area (Å²) in [6, 6.07) is 15.6. The molecule has 48 heavy (non-hydrogen) atoms. The maximum absolute atomic E-state index is 12.9. The maximum atomic E-state index is 12.9. The molecule has 8 nitrogen and oxygen atoms in total. The lowest BCUT2D eigenvalue weighted by molar-refractivity contribution is -0.138. The average molecular weight is 693 g/mol. The minimum atomic E-state index is -4.71. The molecule has 3 aromatic carbocycles. The van der Waals surface area contributed by atoms with Gasteiger partial charge in [-0.25, -0.2) is 8.42 Å². The summed E-state index contributed by atoms with van der Waals surface area (Å²) in [4.78, 5) is 24.7. The molecule has 2 heterocycles. The molecule has 0 radical (unpaired) electrons. The van der Waals surface area contributed by atoms with Crippen LogP contribution in [0, 0.1) is 0 Å². The summed E-state index contributed by atoms with van der Waals surface area (Å²) in [6.07, 6.45) is -6.48. The van der Waals surface area contributed by atoms with Gasteiger partial charge in [0.2, 0.25) is 5.78 Å². The van der Waals surface area contributed by atoms with Crippen LogP contribution in [0.4, 0.5) is 26.3 Å². The number of carbonyl (C=O) groups excluding carboxylic acids is 2. The van der Waals surface area contributed by atoms with Crippen molar-refractivity contribution in [3.05, 3.63) is 124 Å². The molecule has 0 spiro atoms. The summed E-state index contributed by atoms with van der Waals surface area (Å²) < 4.78 is 112. The molecule has 1 aliphatic carbocycles. The molecule has 6 rings (SSSR count). The predicted octanol–water partition coefficient (Wildman–Crippen LogP) is 7.14. The van der Waals surface area contributed by atoms with Crippen LogP contribution in [0.15, 0.2) is 94.3 Å². The number of hydrogen-bond acceptors (Lipinski definition) is 8. The molecule has 0 bridgehead atoms. The SMILES string of the molecule is CNC1=C(c2cccc(C(F)(F)F)c2)C(=O)C(c2ccccc2)O1.CS(=O)(=O)c1cc(C(F)(F)F)ccc1C(=O)c1cnoc1C1CC1. The third-order valence-corrected chi connectivity index (χ3v) is 8.64. The van der Waals surface area contributed by atoms with Crippen molar-refractivity contribution < 1.29 is 53.6 Å². The Kier molecular flexibility index (Phi) is 9.28. The third kappa shape index (κ3) is 7.30. The van der Waals surface area contributed by atoms with Gasteiger partial charge in [-0.2, -0.15) is 26.3 Å². The van der Waals surface area contributed by atoms with Gasteiger partial charge in [-0.15, -0.1) is 0 Å². The Morgan fingerprint density at radius 2 is 1.52 bits per heavy atom. The second-order valence-electron chi connectivity index (χ2n) is 11.0. The van der Waals surface area contributed by atoms with E-state index in [0.29, 0.717) is 23.5 Å². The van der Waals surface area contributed by atoms with Crippen LogP contribution >= 0.6 is 0 Å². The van der Waals surface area contributed by atoms with Crippen molar-refractivity contribution in [2.75, 3.05) is 13.3 Å². The van der Waals surface area contributed by atoms with E-state index >= 15 is 0 Å². The summed E-state index contributed by atoms with van der Waals surface area (Å²) >= 11 is 0. The first-order valence-electron chi connectivity index (χ1n) is 14.3. The van der Waals surface area contributed by atoms with Gasteiger partial charge in [-0.1, -0.05) is 47.6 Å². The van der Waals surface area contributed by atoms with Gasteiger partial charge in [0.05, 0.1) is 33.4 Å². The smallest absolute Gasteiger partial charge is 0.416 e. The lowest BCUT2D eigenvalue weighted by Gasteiger charge is -2.11. The first kappa shape index (κ1) is 34.4. The fraction of sp³-hybridized carbons (Fsp3) is 0.242. The van der Waals surface area contributed by atoms with Gasteiger partial charge in [-0.05, 0) is 48.7 Å². The normalized spacial score (nSPS) is 16.7. The molecule has 252 valence electrons. The van der Waals surface area contributed by atoms with Crippen molar-refractivity contribution in [1.82, 2.24) is 10.5 Å². The second-order valence-corrected chi connectivity index (χ2v) is 13.0. The van der Waals surface area contributed by atoms with Gasteiger partial charge in [0.15, 0.2) is 33.4 Å². The highest BCUT2D eigenvalue weighted by Crippen LogP contribution is 2.43. The van der Waals surface area contributed by atoms with Gasteiger partial charge in [0.1, 0.15) is 0 Å². The number of ether oxygens (including phenoxy) is 1. The second kappa shape index (κ2) is 12.9. The molecule has 0 saturated heterocycles. The number of carbonyl (C=O) groups is 2. The van der Waals surface area contributed by atoms with E-state index < -0.39 is 50.1 Å². The van der Waals surface area contributed by atoms with E-state index in [1.807, 2.05) is 6.07 Å². The largest absolute Gasteiger partial charge is 0.462 e. The molecule has 1 saturated carbocycles. The summed E-state index contributed by atoms with van der Waals surface area (Å²) in [5, 5.41) is 6.31. The highest BCUT2D eigenvalue weighted by molar-refractivity contribution is 7.90. The number of halogens is 6. The Morgan fingerprint density at radius 3 is 2.10 bits per heavy atom. The average Bonchev–Trinajstić information content (AvgIpc) is 3.66. The maximum Gasteiger partial charge on any atom is 0.416 e.